The van der Waals surface area contributed by atoms with Crippen LogP contribution in [0.15, 0.2) is 42.5 Å². The van der Waals surface area contributed by atoms with Crippen LogP contribution in [0.3, 0.4) is 0 Å². The molecule has 0 fully saturated rings. The number of carbonyl (C=O) groups is 1. The predicted octanol–water partition coefficient (Wildman–Crippen LogP) is 6.29. The van der Waals surface area contributed by atoms with Crippen LogP contribution in [-0.2, 0) is 23.1 Å². The fourth-order valence-electron chi connectivity index (χ4n) is 4.18. The fourth-order valence-corrected chi connectivity index (χ4v) is 4.18. The molecule has 3 nitrogen and oxygen atoms in total. The largest absolute Gasteiger partial charge is 0.481 e. The number of rotatable bonds is 7. The Morgan fingerprint density at radius 3 is 2.23 bits per heavy atom. The molecule has 3 rings (SSSR count). The molecule has 0 saturated carbocycles. The molecule has 1 N–H and O–H groups in total. The monoisotopic (exact) mass is 407 g/mol. The number of hydrogen-bond acceptors (Lipinski definition) is 2. The molecule has 2 aromatic carbocycles. The first-order valence-corrected chi connectivity index (χ1v) is 11.5. The molecule has 1 amide bonds. The van der Waals surface area contributed by atoms with Crippen molar-refractivity contribution in [2.45, 2.75) is 90.7 Å². The summed E-state index contributed by atoms with van der Waals surface area (Å²) in [4.78, 5) is 13.0. The standard InChI is InChI=1S/C27H37NO2/c1-6-24(21-13-12-19-10-8-9-11-20(19)18-21)28-26(29)25(7-2)30-23-16-14-22(15-17-23)27(3,4)5/h12-18,24-25H,6-11H2,1-5H3,(H,28,29)/t24-,25-/m0/s1. The van der Waals surface area contributed by atoms with Crippen molar-refractivity contribution in [2.24, 2.45) is 0 Å². The Balaban J connectivity index is 1.67. The average molecular weight is 408 g/mol. The summed E-state index contributed by atoms with van der Waals surface area (Å²) in [6, 6.07) is 14.9. The second-order valence-electron chi connectivity index (χ2n) is 9.49. The van der Waals surface area contributed by atoms with E-state index < -0.39 is 6.10 Å². The number of fused-ring (bicyclic) bond motifs is 1. The van der Waals surface area contributed by atoms with Gasteiger partial charge in [-0.2, -0.15) is 0 Å². The first-order valence-electron chi connectivity index (χ1n) is 11.5. The van der Waals surface area contributed by atoms with Crippen LogP contribution in [0.2, 0.25) is 0 Å². The van der Waals surface area contributed by atoms with E-state index in [1.807, 2.05) is 19.1 Å². The molecule has 30 heavy (non-hydrogen) atoms. The molecule has 1 aliphatic rings. The van der Waals surface area contributed by atoms with Crippen molar-refractivity contribution >= 4 is 5.91 Å². The molecule has 162 valence electrons. The highest BCUT2D eigenvalue weighted by atomic mass is 16.5. The molecule has 0 saturated heterocycles. The molecule has 0 spiro atoms. The molecule has 2 aromatic rings. The van der Waals surface area contributed by atoms with Crippen LogP contribution in [0.5, 0.6) is 5.75 Å². The average Bonchev–Trinajstić information content (AvgIpc) is 2.75. The minimum Gasteiger partial charge on any atom is -0.481 e. The molecular formula is C27H37NO2. The number of amides is 1. The summed E-state index contributed by atoms with van der Waals surface area (Å²) in [5.41, 5.74) is 5.48. The Morgan fingerprint density at radius 2 is 1.63 bits per heavy atom. The van der Waals surface area contributed by atoms with Crippen molar-refractivity contribution < 1.29 is 9.53 Å². The molecule has 0 heterocycles. The van der Waals surface area contributed by atoms with Gasteiger partial charge in [-0.15, -0.1) is 0 Å². The predicted molar refractivity (Wildman–Crippen MR) is 124 cm³/mol. The van der Waals surface area contributed by atoms with Gasteiger partial charge in [0.15, 0.2) is 6.10 Å². The number of ether oxygens (including phenoxy) is 1. The van der Waals surface area contributed by atoms with E-state index in [1.165, 1.54) is 41.5 Å². The van der Waals surface area contributed by atoms with Gasteiger partial charge < -0.3 is 10.1 Å². The summed E-state index contributed by atoms with van der Waals surface area (Å²) < 4.78 is 6.05. The SMILES string of the molecule is CC[C@H](Oc1ccc(C(C)(C)C)cc1)C(=O)N[C@@H](CC)c1ccc2c(c1)CCCC2. The highest BCUT2D eigenvalue weighted by molar-refractivity contribution is 5.81. The first kappa shape index (κ1) is 22.4. The number of benzene rings is 2. The van der Waals surface area contributed by atoms with E-state index in [0.717, 1.165) is 18.6 Å². The second kappa shape index (κ2) is 9.68. The third kappa shape index (κ3) is 5.44. The maximum absolute atomic E-state index is 13.0. The molecule has 3 heteroatoms. The van der Waals surface area contributed by atoms with Crippen molar-refractivity contribution in [3.8, 4) is 5.75 Å². The van der Waals surface area contributed by atoms with Gasteiger partial charge in [-0.25, -0.2) is 0 Å². The van der Waals surface area contributed by atoms with Crippen LogP contribution in [-0.4, -0.2) is 12.0 Å². The molecular weight excluding hydrogens is 370 g/mol. The summed E-state index contributed by atoms with van der Waals surface area (Å²) in [5, 5.41) is 3.23. The lowest BCUT2D eigenvalue weighted by molar-refractivity contribution is -0.128. The molecule has 0 radical (unpaired) electrons. The normalized spacial score (nSPS) is 15.8. The Hall–Kier alpha value is -2.29. The second-order valence-corrected chi connectivity index (χ2v) is 9.49. The van der Waals surface area contributed by atoms with Gasteiger partial charge >= 0.3 is 0 Å². The van der Waals surface area contributed by atoms with Gasteiger partial charge in [0.05, 0.1) is 6.04 Å². The Labute approximate surface area is 182 Å². The number of nitrogens with one attached hydrogen (secondary N) is 1. The van der Waals surface area contributed by atoms with Gasteiger partial charge in [-0.1, -0.05) is 65.0 Å². The number of aryl methyl sites for hydroxylation is 2. The van der Waals surface area contributed by atoms with Crippen molar-refractivity contribution in [2.75, 3.05) is 0 Å². The third-order valence-electron chi connectivity index (χ3n) is 6.16. The zero-order valence-corrected chi connectivity index (χ0v) is 19.3. The zero-order valence-electron chi connectivity index (χ0n) is 19.3. The molecule has 0 aliphatic heterocycles. The van der Waals surface area contributed by atoms with E-state index in [9.17, 15) is 4.79 Å². The number of carbonyl (C=O) groups excluding carboxylic acids is 1. The van der Waals surface area contributed by atoms with Gasteiger partial charge in [0.2, 0.25) is 0 Å². The lowest BCUT2D eigenvalue weighted by Gasteiger charge is -2.24. The minimum absolute atomic E-state index is 0.0191. The van der Waals surface area contributed by atoms with Crippen molar-refractivity contribution in [3.63, 3.8) is 0 Å². The smallest absolute Gasteiger partial charge is 0.261 e. The van der Waals surface area contributed by atoms with Crippen LogP contribution < -0.4 is 10.1 Å². The van der Waals surface area contributed by atoms with Crippen LogP contribution in [0.4, 0.5) is 0 Å². The lowest BCUT2D eigenvalue weighted by atomic mass is 9.87. The molecule has 0 bridgehead atoms. The van der Waals surface area contributed by atoms with Crippen LogP contribution in [0.1, 0.15) is 88.6 Å². The van der Waals surface area contributed by atoms with Gasteiger partial charge in [0, 0.05) is 0 Å². The Kier molecular flexibility index (Phi) is 7.23. The summed E-state index contributed by atoms with van der Waals surface area (Å²) in [6.45, 7) is 10.7. The molecule has 0 aromatic heterocycles. The highest BCUT2D eigenvalue weighted by Gasteiger charge is 2.23. The molecule has 2 atom stereocenters. The van der Waals surface area contributed by atoms with Gasteiger partial charge in [0.1, 0.15) is 5.75 Å². The van der Waals surface area contributed by atoms with Crippen molar-refractivity contribution in [1.82, 2.24) is 5.32 Å². The van der Waals surface area contributed by atoms with E-state index in [0.29, 0.717) is 6.42 Å². The Bertz CT molecular complexity index is 848. The van der Waals surface area contributed by atoms with Crippen LogP contribution in [0.25, 0.3) is 0 Å². The van der Waals surface area contributed by atoms with Crippen molar-refractivity contribution in [3.05, 3.63) is 64.7 Å². The summed E-state index contributed by atoms with van der Waals surface area (Å²) >= 11 is 0. The van der Waals surface area contributed by atoms with Crippen LogP contribution >= 0.6 is 0 Å². The van der Waals surface area contributed by atoms with Crippen LogP contribution in [0, 0.1) is 0 Å². The Morgan fingerprint density at radius 1 is 0.967 bits per heavy atom. The van der Waals surface area contributed by atoms with Gasteiger partial charge in [-0.05, 0) is 78.3 Å². The van der Waals surface area contributed by atoms with Crippen molar-refractivity contribution in [1.29, 1.82) is 0 Å². The summed E-state index contributed by atoms with van der Waals surface area (Å²) in [6.07, 6.45) is 5.88. The number of hydrogen-bond donors (Lipinski definition) is 1. The van der Waals surface area contributed by atoms with Gasteiger partial charge in [0.25, 0.3) is 5.91 Å². The first-order chi connectivity index (χ1) is 14.3. The lowest BCUT2D eigenvalue weighted by Crippen LogP contribution is -2.40. The van der Waals surface area contributed by atoms with Gasteiger partial charge in [-0.3, -0.25) is 4.79 Å². The maximum Gasteiger partial charge on any atom is 0.261 e. The minimum atomic E-state index is -0.489. The van der Waals surface area contributed by atoms with E-state index in [2.05, 4.69) is 63.3 Å². The maximum atomic E-state index is 13.0. The summed E-state index contributed by atoms with van der Waals surface area (Å²) in [7, 11) is 0. The van der Waals surface area contributed by atoms with E-state index in [-0.39, 0.29) is 17.4 Å². The van der Waals surface area contributed by atoms with E-state index in [4.69, 9.17) is 4.74 Å². The topological polar surface area (TPSA) is 38.3 Å². The molecule has 1 aliphatic carbocycles. The summed E-state index contributed by atoms with van der Waals surface area (Å²) in [5.74, 6) is 0.703. The van der Waals surface area contributed by atoms with E-state index >= 15 is 0 Å². The highest BCUT2D eigenvalue weighted by Crippen LogP contribution is 2.27. The molecule has 0 unspecified atom stereocenters. The van der Waals surface area contributed by atoms with E-state index in [1.54, 1.807) is 0 Å². The fraction of sp³-hybridized carbons (Fsp3) is 0.519. The third-order valence-corrected chi connectivity index (χ3v) is 6.16. The quantitative estimate of drug-likeness (QED) is 0.586. The zero-order chi connectivity index (χ0) is 21.7.